The Morgan fingerprint density at radius 3 is 2.33 bits per heavy atom. The summed E-state index contributed by atoms with van der Waals surface area (Å²) in [7, 11) is -3.90. The smallest absolute Gasteiger partial charge is 0.243 e. The predicted octanol–water partition coefficient (Wildman–Crippen LogP) is 2.74. The quantitative estimate of drug-likeness (QED) is 0.789. The first-order chi connectivity index (χ1) is 14.4. The number of nitrogens with zero attached hydrogens (tertiary/aromatic N) is 2. The summed E-state index contributed by atoms with van der Waals surface area (Å²) in [5.74, 6) is -0.855. The molecule has 7 nitrogen and oxygen atoms in total. The van der Waals surface area contributed by atoms with E-state index >= 15 is 0 Å². The van der Waals surface area contributed by atoms with Crippen molar-refractivity contribution in [1.82, 2.24) is 4.31 Å². The van der Waals surface area contributed by atoms with Crippen LogP contribution in [0.5, 0.6) is 0 Å². The molecule has 2 aromatic rings. The van der Waals surface area contributed by atoms with Crippen LogP contribution >= 0.6 is 0 Å². The van der Waals surface area contributed by atoms with Crippen LogP contribution in [-0.2, 0) is 19.6 Å². The Hall–Kier alpha value is -2.78. The summed E-state index contributed by atoms with van der Waals surface area (Å²) < 4.78 is 40.2. The lowest BCUT2D eigenvalue weighted by atomic mass is 10.2. The number of rotatable bonds is 5. The molecule has 2 aromatic carbocycles. The number of hydrogen-bond acceptors (Lipinski definition) is 4. The number of anilines is 2. The van der Waals surface area contributed by atoms with Crippen molar-refractivity contribution in [2.45, 2.75) is 36.6 Å². The summed E-state index contributed by atoms with van der Waals surface area (Å²) in [6, 6.07) is 10.7. The van der Waals surface area contributed by atoms with E-state index in [-0.39, 0.29) is 17.3 Å². The molecule has 30 heavy (non-hydrogen) atoms. The highest BCUT2D eigenvalue weighted by Crippen LogP contribution is 2.28. The molecule has 0 spiro atoms. The minimum absolute atomic E-state index is 0.0387. The van der Waals surface area contributed by atoms with Gasteiger partial charge in [-0.05, 0) is 67.8 Å². The molecule has 2 fully saturated rings. The lowest BCUT2D eigenvalue weighted by molar-refractivity contribution is -0.119. The standard InChI is InChI=1S/C21H22FN3O4S/c22-15-5-11-18(12-6-15)30(28,29)25-14-1-3-19(25)21(27)23-16-7-9-17(10-8-16)24-13-2-4-20(24)26/h5-12,19H,1-4,13-14H2,(H,23,27)/t19-/m0/s1. The van der Waals surface area contributed by atoms with E-state index in [1.165, 1.54) is 16.4 Å². The van der Waals surface area contributed by atoms with Gasteiger partial charge < -0.3 is 10.2 Å². The summed E-state index contributed by atoms with van der Waals surface area (Å²) in [5.41, 5.74) is 1.30. The number of nitrogens with one attached hydrogen (secondary N) is 1. The average molecular weight is 431 g/mol. The van der Waals surface area contributed by atoms with Crippen LogP contribution in [0.25, 0.3) is 0 Å². The molecule has 0 aromatic heterocycles. The lowest BCUT2D eigenvalue weighted by Crippen LogP contribution is -2.43. The van der Waals surface area contributed by atoms with Gasteiger partial charge in [-0.15, -0.1) is 0 Å². The van der Waals surface area contributed by atoms with E-state index in [4.69, 9.17) is 0 Å². The van der Waals surface area contributed by atoms with Gasteiger partial charge in [-0.2, -0.15) is 4.31 Å². The van der Waals surface area contributed by atoms with Crippen LogP contribution in [0.2, 0.25) is 0 Å². The van der Waals surface area contributed by atoms with E-state index < -0.39 is 27.8 Å². The molecular weight excluding hydrogens is 409 g/mol. The molecule has 0 saturated carbocycles. The zero-order valence-electron chi connectivity index (χ0n) is 16.3. The molecule has 1 N–H and O–H groups in total. The molecule has 2 saturated heterocycles. The highest BCUT2D eigenvalue weighted by Gasteiger charge is 2.39. The molecule has 2 heterocycles. The number of amides is 2. The van der Waals surface area contributed by atoms with Crippen LogP contribution < -0.4 is 10.2 Å². The average Bonchev–Trinajstić information content (AvgIpc) is 3.38. The SMILES string of the molecule is O=C(Nc1ccc(N2CCCC2=O)cc1)[C@@H]1CCCN1S(=O)(=O)c1ccc(F)cc1. The molecular formula is C21H22FN3O4S. The van der Waals surface area contributed by atoms with Crippen molar-refractivity contribution < 1.29 is 22.4 Å². The maximum Gasteiger partial charge on any atom is 0.243 e. The second-order valence-electron chi connectivity index (χ2n) is 7.41. The van der Waals surface area contributed by atoms with Crippen molar-refractivity contribution in [3.63, 3.8) is 0 Å². The number of carbonyl (C=O) groups is 2. The monoisotopic (exact) mass is 431 g/mol. The van der Waals surface area contributed by atoms with Gasteiger partial charge in [0.1, 0.15) is 11.9 Å². The molecule has 2 aliphatic heterocycles. The number of carbonyl (C=O) groups excluding carboxylic acids is 2. The molecule has 4 rings (SSSR count). The zero-order valence-corrected chi connectivity index (χ0v) is 17.1. The number of hydrogen-bond donors (Lipinski definition) is 1. The Morgan fingerprint density at radius 1 is 1.00 bits per heavy atom. The van der Waals surface area contributed by atoms with E-state index in [0.717, 1.165) is 24.2 Å². The highest BCUT2D eigenvalue weighted by molar-refractivity contribution is 7.89. The summed E-state index contributed by atoms with van der Waals surface area (Å²) in [4.78, 5) is 26.3. The summed E-state index contributed by atoms with van der Waals surface area (Å²) >= 11 is 0. The normalized spacial score (nSPS) is 20.0. The summed E-state index contributed by atoms with van der Waals surface area (Å²) in [6.45, 7) is 0.913. The Bertz CT molecular complexity index is 1050. The second-order valence-corrected chi connectivity index (χ2v) is 9.30. The van der Waals surface area contributed by atoms with Crippen molar-refractivity contribution in [3.8, 4) is 0 Å². The predicted molar refractivity (Wildman–Crippen MR) is 110 cm³/mol. The number of halogens is 1. The van der Waals surface area contributed by atoms with E-state index in [1.54, 1.807) is 29.2 Å². The Morgan fingerprint density at radius 2 is 1.70 bits per heavy atom. The van der Waals surface area contributed by atoms with Crippen LogP contribution in [0.4, 0.5) is 15.8 Å². The molecule has 1 atom stereocenters. The van der Waals surface area contributed by atoms with E-state index in [0.29, 0.717) is 31.5 Å². The molecule has 2 amide bonds. The first kappa shape index (κ1) is 20.5. The van der Waals surface area contributed by atoms with Crippen molar-refractivity contribution in [2.24, 2.45) is 0 Å². The van der Waals surface area contributed by atoms with Gasteiger partial charge in [-0.3, -0.25) is 9.59 Å². The maximum absolute atomic E-state index is 13.2. The van der Waals surface area contributed by atoms with Crippen LogP contribution in [0, 0.1) is 5.82 Å². The first-order valence-corrected chi connectivity index (χ1v) is 11.3. The van der Waals surface area contributed by atoms with Gasteiger partial charge in [-0.1, -0.05) is 0 Å². The lowest BCUT2D eigenvalue weighted by Gasteiger charge is -2.23. The molecule has 158 valence electrons. The fraction of sp³-hybridized carbons (Fsp3) is 0.333. The van der Waals surface area contributed by atoms with Gasteiger partial charge in [0.05, 0.1) is 4.90 Å². The fourth-order valence-corrected chi connectivity index (χ4v) is 5.56. The third-order valence-corrected chi connectivity index (χ3v) is 7.37. The van der Waals surface area contributed by atoms with Crippen LogP contribution in [0.3, 0.4) is 0 Å². The number of sulfonamides is 1. The van der Waals surface area contributed by atoms with Crippen LogP contribution in [-0.4, -0.2) is 43.7 Å². The zero-order chi connectivity index (χ0) is 21.3. The van der Waals surface area contributed by atoms with Crippen LogP contribution in [0.15, 0.2) is 53.4 Å². The molecule has 0 bridgehead atoms. The third kappa shape index (κ3) is 3.95. The molecule has 0 radical (unpaired) electrons. The van der Waals surface area contributed by atoms with Crippen molar-refractivity contribution >= 4 is 33.2 Å². The van der Waals surface area contributed by atoms with E-state index in [2.05, 4.69) is 5.32 Å². The van der Waals surface area contributed by atoms with Gasteiger partial charge in [0.25, 0.3) is 0 Å². The molecule has 0 aliphatic carbocycles. The van der Waals surface area contributed by atoms with Crippen LogP contribution in [0.1, 0.15) is 25.7 Å². The van der Waals surface area contributed by atoms with E-state index in [9.17, 15) is 22.4 Å². The minimum Gasteiger partial charge on any atom is -0.325 e. The second kappa shape index (κ2) is 8.16. The Labute approximate surface area is 174 Å². The topological polar surface area (TPSA) is 86.8 Å². The van der Waals surface area contributed by atoms with Gasteiger partial charge in [0.2, 0.25) is 21.8 Å². The maximum atomic E-state index is 13.2. The van der Waals surface area contributed by atoms with Gasteiger partial charge >= 0.3 is 0 Å². The first-order valence-electron chi connectivity index (χ1n) is 9.85. The largest absolute Gasteiger partial charge is 0.325 e. The molecule has 2 aliphatic rings. The summed E-state index contributed by atoms with van der Waals surface area (Å²) in [5, 5.41) is 2.77. The Kier molecular flexibility index (Phi) is 5.57. The molecule has 9 heteroatoms. The van der Waals surface area contributed by atoms with E-state index in [1.807, 2.05) is 0 Å². The minimum atomic E-state index is -3.90. The van der Waals surface area contributed by atoms with Crippen molar-refractivity contribution in [3.05, 3.63) is 54.3 Å². The van der Waals surface area contributed by atoms with Crippen molar-refractivity contribution in [2.75, 3.05) is 23.3 Å². The fourth-order valence-electron chi connectivity index (χ4n) is 3.90. The van der Waals surface area contributed by atoms with Crippen molar-refractivity contribution in [1.29, 1.82) is 0 Å². The Balaban J connectivity index is 1.47. The van der Waals surface area contributed by atoms with Gasteiger partial charge in [-0.25, -0.2) is 12.8 Å². The van der Waals surface area contributed by atoms with Gasteiger partial charge in [0.15, 0.2) is 0 Å². The summed E-state index contributed by atoms with van der Waals surface area (Å²) in [6.07, 6.45) is 2.34. The molecule has 0 unspecified atom stereocenters. The van der Waals surface area contributed by atoms with Gasteiger partial charge in [0, 0.05) is 30.9 Å². The number of benzene rings is 2. The third-order valence-electron chi connectivity index (χ3n) is 5.45. The highest BCUT2D eigenvalue weighted by atomic mass is 32.2.